The Balaban J connectivity index is 1.91. The summed E-state index contributed by atoms with van der Waals surface area (Å²) >= 11 is 5.95. The fourth-order valence-corrected chi connectivity index (χ4v) is 4.08. The van der Waals surface area contributed by atoms with E-state index in [2.05, 4.69) is 9.71 Å². The number of aromatic nitrogens is 2. The van der Waals surface area contributed by atoms with Crippen LogP contribution < -0.4 is 9.46 Å². The predicted octanol–water partition coefficient (Wildman–Crippen LogP) is 3.32. The SMILES string of the molecule is COc1ccc(Cl)cc1S(=O)(=O)NCc1ccccc1-n1ccnc1C. The summed E-state index contributed by atoms with van der Waals surface area (Å²) in [6.07, 6.45) is 3.54. The number of halogens is 1. The smallest absolute Gasteiger partial charge is 0.244 e. The van der Waals surface area contributed by atoms with E-state index in [1.54, 1.807) is 12.3 Å². The lowest BCUT2D eigenvalue weighted by Crippen LogP contribution is -2.24. The Kier molecular flexibility index (Phi) is 5.31. The second-order valence-corrected chi connectivity index (χ2v) is 7.76. The van der Waals surface area contributed by atoms with E-state index in [0.29, 0.717) is 5.02 Å². The Morgan fingerprint density at radius 1 is 1.23 bits per heavy atom. The van der Waals surface area contributed by atoms with Crippen molar-refractivity contribution in [3.05, 3.63) is 71.3 Å². The van der Waals surface area contributed by atoms with Crippen molar-refractivity contribution in [2.24, 2.45) is 0 Å². The van der Waals surface area contributed by atoms with Gasteiger partial charge in [0.25, 0.3) is 0 Å². The van der Waals surface area contributed by atoms with Gasteiger partial charge in [-0.25, -0.2) is 18.1 Å². The molecule has 0 aliphatic carbocycles. The lowest BCUT2D eigenvalue weighted by atomic mass is 10.2. The van der Waals surface area contributed by atoms with Gasteiger partial charge in [-0.2, -0.15) is 0 Å². The van der Waals surface area contributed by atoms with Crippen LogP contribution in [-0.4, -0.2) is 25.1 Å². The molecule has 0 radical (unpaired) electrons. The number of ether oxygens (including phenoxy) is 1. The van der Waals surface area contributed by atoms with Crippen LogP contribution in [0.4, 0.5) is 0 Å². The first-order chi connectivity index (χ1) is 12.4. The Labute approximate surface area is 157 Å². The molecule has 0 aliphatic rings. The van der Waals surface area contributed by atoms with E-state index >= 15 is 0 Å². The highest BCUT2D eigenvalue weighted by Crippen LogP contribution is 2.27. The normalized spacial score (nSPS) is 11.5. The van der Waals surface area contributed by atoms with Crippen LogP contribution in [0.15, 0.2) is 59.8 Å². The minimum Gasteiger partial charge on any atom is -0.495 e. The Morgan fingerprint density at radius 2 is 2.00 bits per heavy atom. The number of benzene rings is 2. The zero-order valence-corrected chi connectivity index (χ0v) is 15.9. The van der Waals surface area contributed by atoms with Gasteiger partial charge in [-0.05, 0) is 36.8 Å². The maximum Gasteiger partial charge on any atom is 0.244 e. The molecule has 0 bridgehead atoms. The first kappa shape index (κ1) is 18.4. The Hall–Kier alpha value is -2.35. The summed E-state index contributed by atoms with van der Waals surface area (Å²) in [6, 6.07) is 12.0. The van der Waals surface area contributed by atoms with E-state index < -0.39 is 10.0 Å². The monoisotopic (exact) mass is 391 g/mol. The molecule has 136 valence electrons. The average molecular weight is 392 g/mol. The van der Waals surface area contributed by atoms with Crippen LogP contribution in [0.3, 0.4) is 0 Å². The van der Waals surface area contributed by atoms with Crippen LogP contribution in [0.2, 0.25) is 5.02 Å². The van der Waals surface area contributed by atoms with Gasteiger partial charge in [-0.15, -0.1) is 0 Å². The highest BCUT2D eigenvalue weighted by atomic mass is 35.5. The molecule has 0 fully saturated rings. The average Bonchev–Trinajstić information content (AvgIpc) is 3.06. The van der Waals surface area contributed by atoms with Crippen LogP contribution in [0.25, 0.3) is 5.69 Å². The molecule has 3 aromatic rings. The minimum absolute atomic E-state index is 0.00351. The molecule has 8 heteroatoms. The van der Waals surface area contributed by atoms with Crippen molar-refractivity contribution >= 4 is 21.6 Å². The second kappa shape index (κ2) is 7.49. The molecule has 0 aliphatic heterocycles. The van der Waals surface area contributed by atoms with E-state index in [-0.39, 0.29) is 17.2 Å². The summed E-state index contributed by atoms with van der Waals surface area (Å²) in [6.45, 7) is 2.00. The number of sulfonamides is 1. The summed E-state index contributed by atoms with van der Waals surface area (Å²) in [4.78, 5) is 4.22. The molecule has 1 aromatic heterocycles. The molecule has 6 nitrogen and oxygen atoms in total. The standard InChI is InChI=1S/C18H18ClN3O3S/c1-13-20-9-10-22(13)16-6-4-3-5-14(16)12-21-26(23,24)18-11-15(19)7-8-17(18)25-2/h3-11,21H,12H2,1-2H3. The van der Waals surface area contributed by atoms with Gasteiger partial charge < -0.3 is 9.30 Å². The molecule has 1 heterocycles. The highest BCUT2D eigenvalue weighted by molar-refractivity contribution is 7.89. The van der Waals surface area contributed by atoms with Gasteiger partial charge in [0, 0.05) is 24.0 Å². The third-order valence-corrected chi connectivity index (χ3v) is 5.60. The lowest BCUT2D eigenvalue weighted by molar-refractivity contribution is 0.402. The van der Waals surface area contributed by atoms with Crippen molar-refractivity contribution in [1.82, 2.24) is 14.3 Å². The fraction of sp³-hybridized carbons (Fsp3) is 0.167. The maximum atomic E-state index is 12.7. The van der Waals surface area contributed by atoms with Gasteiger partial charge in [0.05, 0.1) is 12.8 Å². The number of nitrogens with zero attached hydrogens (tertiary/aromatic N) is 2. The number of rotatable bonds is 6. The largest absolute Gasteiger partial charge is 0.495 e. The molecule has 26 heavy (non-hydrogen) atoms. The van der Waals surface area contributed by atoms with Crippen LogP contribution in [0, 0.1) is 6.92 Å². The minimum atomic E-state index is -3.80. The van der Waals surface area contributed by atoms with Crippen LogP contribution in [-0.2, 0) is 16.6 Å². The summed E-state index contributed by atoms with van der Waals surface area (Å²) in [5, 5.41) is 0.320. The number of aryl methyl sites for hydroxylation is 1. The number of nitrogens with one attached hydrogen (secondary N) is 1. The summed E-state index contributed by atoms with van der Waals surface area (Å²) in [5.41, 5.74) is 1.68. The van der Waals surface area contributed by atoms with E-state index in [4.69, 9.17) is 16.3 Å². The molecule has 0 atom stereocenters. The van der Waals surface area contributed by atoms with Crippen molar-refractivity contribution in [2.45, 2.75) is 18.4 Å². The molecule has 0 amide bonds. The Bertz CT molecular complexity index is 1030. The molecule has 3 rings (SSSR count). The van der Waals surface area contributed by atoms with Gasteiger partial charge in [0.15, 0.2) is 0 Å². The number of hydrogen-bond donors (Lipinski definition) is 1. The predicted molar refractivity (Wildman–Crippen MR) is 100 cm³/mol. The molecule has 2 aromatic carbocycles. The van der Waals surface area contributed by atoms with Crippen LogP contribution >= 0.6 is 11.6 Å². The van der Waals surface area contributed by atoms with E-state index in [1.165, 1.54) is 19.2 Å². The number of para-hydroxylation sites is 1. The van der Waals surface area contributed by atoms with Gasteiger partial charge in [0.2, 0.25) is 10.0 Å². The third kappa shape index (κ3) is 3.75. The zero-order chi connectivity index (χ0) is 18.7. The van der Waals surface area contributed by atoms with Gasteiger partial charge in [-0.1, -0.05) is 29.8 Å². The van der Waals surface area contributed by atoms with Crippen molar-refractivity contribution in [3.8, 4) is 11.4 Å². The van der Waals surface area contributed by atoms with Gasteiger partial charge in [-0.3, -0.25) is 0 Å². The number of hydrogen-bond acceptors (Lipinski definition) is 4. The molecular formula is C18H18ClN3O3S. The summed E-state index contributed by atoms with van der Waals surface area (Å²) in [5.74, 6) is 1.05. The zero-order valence-electron chi connectivity index (χ0n) is 14.3. The number of methoxy groups -OCH3 is 1. The third-order valence-electron chi connectivity index (χ3n) is 3.94. The Morgan fingerprint density at radius 3 is 2.69 bits per heavy atom. The van der Waals surface area contributed by atoms with E-state index in [0.717, 1.165) is 17.1 Å². The molecule has 0 unspecified atom stereocenters. The fourth-order valence-electron chi connectivity index (χ4n) is 2.64. The summed E-state index contributed by atoms with van der Waals surface area (Å²) < 4.78 is 35.1. The molecule has 1 N–H and O–H groups in total. The second-order valence-electron chi connectivity index (χ2n) is 5.59. The number of imidazole rings is 1. The van der Waals surface area contributed by atoms with E-state index in [1.807, 2.05) is 42.0 Å². The van der Waals surface area contributed by atoms with E-state index in [9.17, 15) is 8.42 Å². The molecular weight excluding hydrogens is 374 g/mol. The topological polar surface area (TPSA) is 73.2 Å². The van der Waals surface area contributed by atoms with Gasteiger partial charge in [0.1, 0.15) is 16.5 Å². The van der Waals surface area contributed by atoms with Crippen molar-refractivity contribution in [3.63, 3.8) is 0 Å². The molecule has 0 spiro atoms. The van der Waals surface area contributed by atoms with Crippen molar-refractivity contribution < 1.29 is 13.2 Å². The quantitative estimate of drug-likeness (QED) is 0.699. The summed E-state index contributed by atoms with van der Waals surface area (Å²) in [7, 11) is -2.39. The lowest BCUT2D eigenvalue weighted by Gasteiger charge is -2.14. The molecule has 0 saturated carbocycles. The van der Waals surface area contributed by atoms with Crippen molar-refractivity contribution in [1.29, 1.82) is 0 Å². The van der Waals surface area contributed by atoms with Crippen LogP contribution in [0.5, 0.6) is 5.75 Å². The van der Waals surface area contributed by atoms with Crippen LogP contribution in [0.1, 0.15) is 11.4 Å². The van der Waals surface area contributed by atoms with Crippen molar-refractivity contribution in [2.75, 3.05) is 7.11 Å². The highest BCUT2D eigenvalue weighted by Gasteiger charge is 2.20. The van der Waals surface area contributed by atoms with Gasteiger partial charge >= 0.3 is 0 Å². The first-order valence-electron chi connectivity index (χ1n) is 7.84. The maximum absolute atomic E-state index is 12.7. The first-order valence-corrected chi connectivity index (χ1v) is 9.70. The molecule has 0 saturated heterocycles.